The predicted molar refractivity (Wildman–Crippen MR) is 124 cm³/mol. The number of imidazole rings is 1. The minimum atomic E-state index is 0.807. The molecule has 0 aliphatic rings. The molecule has 0 spiro atoms. The molecule has 0 saturated heterocycles. The zero-order chi connectivity index (χ0) is 20.8. The van der Waals surface area contributed by atoms with Gasteiger partial charge < -0.3 is 4.90 Å². The highest BCUT2D eigenvalue weighted by Gasteiger charge is 2.12. The smallest absolute Gasteiger partial charge is 0.161 e. The molecule has 1 aromatic heterocycles. The number of benzene rings is 3. The highest BCUT2D eigenvalue weighted by molar-refractivity contribution is 6.08. The van der Waals surface area contributed by atoms with E-state index in [1.165, 1.54) is 0 Å². The van der Waals surface area contributed by atoms with Crippen molar-refractivity contribution in [1.82, 2.24) is 14.6 Å². The van der Waals surface area contributed by atoms with Crippen molar-refractivity contribution < 1.29 is 0 Å². The van der Waals surface area contributed by atoms with Crippen LogP contribution in [0.2, 0.25) is 0 Å². The van der Waals surface area contributed by atoms with Gasteiger partial charge in [-0.15, -0.1) is 0 Å². The van der Waals surface area contributed by atoms with Gasteiger partial charge in [0.1, 0.15) is 0 Å². The van der Waals surface area contributed by atoms with Crippen LogP contribution in [0.15, 0.2) is 115 Å². The van der Waals surface area contributed by atoms with E-state index < -0.39 is 0 Å². The van der Waals surface area contributed by atoms with Crippen LogP contribution in [0.4, 0.5) is 0 Å². The van der Waals surface area contributed by atoms with Gasteiger partial charge in [0.25, 0.3) is 0 Å². The summed E-state index contributed by atoms with van der Waals surface area (Å²) in [5.41, 5.74) is 4.88. The van der Waals surface area contributed by atoms with E-state index >= 15 is 0 Å². The minimum absolute atomic E-state index is 0.807. The number of rotatable bonds is 6. The van der Waals surface area contributed by atoms with Gasteiger partial charge in [-0.05, 0) is 6.08 Å². The lowest BCUT2D eigenvalue weighted by Gasteiger charge is -2.08. The Balaban J connectivity index is 1.87. The number of hydrogen-bond donors (Lipinski definition) is 0. The summed E-state index contributed by atoms with van der Waals surface area (Å²) in [5.74, 6) is 0.807. The summed E-state index contributed by atoms with van der Waals surface area (Å²) in [6, 6.07) is 30.5. The Bertz CT molecular complexity index is 1140. The maximum Gasteiger partial charge on any atom is 0.161 e. The quantitative estimate of drug-likeness (QED) is 0.403. The topological polar surface area (TPSA) is 33.4 Å². The molecule has 0 unspecified atom stereocenters. The third kappa shape index (κ3) is 4.55. The first-order chi connectivity index (χ1) is 14.7. The molecule has 0 fully saturated rings. The van der Waals surface area contributed by atoms with Gasteiger partial charge >= 0.3 is 0 Å². The van der Waals surface area contributed by atoms with Crippen molar-refractivity contribution in [3.8, 4) is 22.6 Å². The van der Waals surface area contributed by atoms with E-state index in [1.807, 2.05) is 96.7 Å². The number of aromatic nitrogens is 2. The molecule has 1 heterocycles. The van der Waals surface area contributed by atoms with Crippen molar-refractivity contribution in [3.63, 3.8) is 0 Å². The highest BCUT2D eigenvalue weighted by atomic mass is 15.4. The Labute approximate surface area is 177 Å². The Morgan fingerprint density at radius 2 is 1.37 bits per heavy atom. The summed E-state index contributed by atoms with van der Waals surface area (Å²) in [6.07, 6.45) is 6.01. The van der Waals surface area contributed by atoms with Crippen LogP contribution in [0.25, 0.3) is 22.6 Å². The second-order valence-corrected chi connectivity index (χ2v) is 7.16. The Hall–Kier alpha value is -3.92. The molecule has 3 aromatic carbocycles. The van der Waals surface area contributed by atoms with Crippen molar-refractivity contribution >= 4 is 5.71 Å². The first-order valence-corrected chi connectivity index (χ1v) is 9.90. The van der Waals surface area contributed by atoms with Gasteiger partial charge in [-0.1, -0.05) is 91.0 Å². The van der Waals surface area contributed by atoms with Crippen LogP contribution in [-0.2, 0) is 0 Å². The Morgan fingerprint density at radius 3 is 1.97 bits per heavy atom. The van der Waals surface area contributed by atoms with Gasteiger partial charge in [-0.3, -0.25) is 0 Å². The van der Waals surface area contributed by atoms with E-state index in [-0.39, 0.29) is 0 Å². The standard InChI is InChI=1S/C26H24N4/c1-29(2)19-18-24(21-12-6-3-7-13-21)28-30-20-25(22-14-8-4-9-15-22)27-26(30)23-16-10-5-11-17-23/h3-20H,1-2H3/b19-18+,28-24+. The minimum Gasteiger partial charge on any atom is -0.383 e. The van der Waals surface area contributed by atoms with Crippen LogP contribution in [0.1, 0.15) is 5.56 Å². The van der Waals surface area contributed by atoms with Crippen molar-refractivity contribution in [2.75, 3.05) is 14.1 Å². The molecule has 4 heteroatoms. The van der Waals surface area contributed by atoms with Gasteiger partial charge in [0.15, 0.2) is 5.82 Å². The fourth-order valence-corrected chi connectivity index (χ4v) is 3.11. The monoisotopic (exact) mass is 392 g/mol. The molecule has 0 bridgehead atoms. The lowest BCUT2D eigenvalue weighted by atomic mass is 10.1. The zero-order valence-corrected chi connectivity index (χ0v) is 17.2. The molecule has 4 aromatic rings. The first kappa shape index (κ1) is 19.4. The van der Waals surface area contributed by atoms with E-state index in [1.54, 1.807) is 0 Å². The van der Waals surface area contributed by atoms with Crippen LogP contribution in [0.3, 0.4) is 0 Å². The van der Waals surface area contributed by atoms with E-state index in [9.17, 15) is 0 Å². The molecule has 148 valence electrons. The average molecular weight is 393 g/mol. The SMILES string of the molecule is CN(C)/C=C/C(=N\n1cc(-c2ccccc2)nc1-c1ccccc1)c1ccccc1. The Morgan fingerprint density at radius 1 is 0.800 bits per heavy atom. The third-order valence-electron chi connectivity index (χ3n) is 4.61. The molecule has 0 aliphatic carbocycles. The highest BCUT2D eigenvalue weighted by Crippen LogP contribution is 2.25. The van der Waals surface area contributed by atoms with Crippen LogP contribution in [-0.4, -0.2) is 34.4 Å². The van der Waals surface area contributed by atoms with Crippen LogP contribution < -0.4 is 0 Å². The second-order valence-electron chi connectivity index (χ2n) is 7.16. The van der Waals surface area contributed by atoms with Gasteiger partial charge in [-0.2, -0.15) is 5.10 Å². The second kappa shape index (κ2) is 9.05. The summed E-state index contributed by atoms with van der Waals surface area (Å²) in [5, 5.41) is 4.98. The van der Waals surface area contributed by atoms with Crippen LogP contribution >= 0.6 is 0 Å². The van der Waals surface area contributed by atoms with E-state index in [0.29, 0.717) is 0 Å². The van der Waals surface area contributed by atoms with Crippen molar-refractivity contribution in [1.29, 1.82) is 0 Å². The fraction of sp³-hybridized carbons (Fsp3) is 0.0769. The van der Waals surface area contributed by atoms with Gasteiger partial charge in [-0.25, -0.2) is 9.66 Å². The van der Waals surface area contributed by atoms with Crippen molar-refractivity contribution in [2.45, 2.75) is 0 Å². The largest absolute Gasteiger partial charge is 0.383 e. The molecule has 0 radical (unpaired) electrons. The molecule has 0 N–H and O–H groups in total. The summed E-state index contributed by atoms with van der Waals surface area (Å²) < 4.78 is 1.88. The molecule has 4 rings (SSSR count). The van der Waals surface area contributed by atoms with E-state index in [4.69, 9.17) is 10.1 Å². The number of allylic oxidation sites excluding steroid dienone is 1. The third-order valence-corrected chi connectivity index (χ3v) is 4.61. The maximum atomic E-state index is 4.98. The van der Waals surface area contributed by atoms with Gasteiger partial charge in [0.05, 0.1) is 17.6 Å². The van der Waals surface area contributed by atoms with Crippen LogP contribution in [0.5, 0.6) is 0 Å². The molecule has 0 atom stereocenters. The summed E-state index contributed by atoms with van der Waals surface area (Å²) in [7, 11) is 4.00. The molecule has 0 aliphatic heterocycles. The summed E-state index contributed by atoms with van der Waals surface area (Å²) >= 11 is 0. The predicted octanol–water partition coefficient (Wildman–Crippen LogP) is 5.54. The zero-order valence-electron chi connectivity index (χ0n) is 17.2. The molecule has 0 saturated carbocycles. The molecule has 4 nitrogen and oxygen atoms in total. The lowest BCUT2D eigenvalue weighted by molar-refractivity contribution is 0.564. The molecule has 0 amide bonds. The first-order valence-electron chi connectivity index (χ1n) is 9.90. The molecule has 30 heavy (non-hydrogen) atoms. The fourth-order valence-electron chi connectivity index (χ4n) is 3.11. The molecular weight excluding hydrogens is 368 g/mol. The number of nitrogens with zero attached hydrogens (tertiary/aromatic N) is 4. The maximum absolute atomic E-state index is 4.98. The van der Waals surface area contributed by atoms with Crippen molar-refractivity contribution in [3.05, 3.63) is 115 Å². The van der Waals surface area contributed by atoms with E-state index in [0.717, 1.165) is 33.9 Å². The van der Waals surface area contributed by atoms with Crippen LogP contribution in [0, 0.1) is 0 Å². The average Bonchev–Trinajstić information content (AvgIpc) is 3.22. The lowest BCUT2D eigenvalue weighted by Crippen LogP contribution is -2.06. The van der Waals surface area contributed by atoms with Gasteiger partial charge in [0, 0.05) is 37.0 Å². The van der Waals surface area contributed by atoms with Gasteiger partial charge in [0.2, 0.25) is 0 Å². The van der Waals surface area contributed by atoms with Crippen molar-refractivity contribution in [2.24, 2.45) is 5.10 Å². The van der Waals surface area contributed by atoms with E-state index in [2.05, 4.69) is 36.4 Å². The molecular formula is C26H24N4. The number of hydrogen-bond acceptors (Lipinski definition) is 3. The summed E-state index contributed by atoms with van der Waals surface area (Å²) in [6.45, 7) is 0. The normalized spacial score (nSPS) is 11.7. The summed E-state index contributed by atoms with van der Waals surface area (Å²) in [4.78, 5) is 6.91. The Kier molecular flexibility index (Phi) is 5.85.